The third-order valence-electron chi connectivity index (χ3n) is 9.17. The fourth-order valence-electron chi connectivity index (χ4n) is 5.64. The van der Waals surface area contributed by atoms with Crippen molar-refractivity contribution < 1.29 is 63.1 Å². The zero-order valence-corrected chi connectivity index (χ0v) is 34.9. The molecule has 13 nitrogen and oxygen atoms in total. The van der Waals surface area contributed by atoms with Crippen LogP contribution < -0.4 is 0 Å². The van der Waals surface area contributed by atoms with Crippen molar-refractivity contribution in [2.75, 3.05) is 26.4 Å². The van der Waals surface area contributed by atoms with E-state index in [-0.39, 0.29) is 12.8 Å². The number of aliphatic hydroxyl groups is 5. The number of hydrogen-bond acceptors (Lipinski definition) is 12. The van der Waals surface area contributed by atoms with Gasteiger partial charge in [-0.3, -0.25) is 18.6 Å². The number of rotatable bonds is 39. The largest absolute Gasteiger partial charge is 0.472 e. The summed E-state index contributed by atoms with van der Waals surface area (Å²) >= 11 is 0. The van der Waals surface area contributed by atoms with Crippen LogP contribution in [-0.2, 0) is 32.7 Å². The van der Waals surface area contributed by atoms with Gasteiger partial charge in [0.15, 0.2) is 6.10 Å². The summed E-state index contributed by atoms with van der Waals surface area (Å²) in [6, 6.07) is 0. The number of unbranched alkanes of at least 4 members (excludes halogenated alkanes) is 18. The number of hydrogen-bond donors (Lipinski definition) is 6. The van der Waals surface area contributed by atoms with E-state index in [1.807, 2.05) is 0 Å². The number of aliphatic hydroxyl groups excluding tert-OH is 5. The van der Waals surface area contributed by atoms with E-state index in [4.69, 9.17) is 23.6 Å². The Balaban J connectivity index is 4.75. The molecule has 1 unspecified atom stereocenters. The van der Waals surface area contributed by atoms with Gasteiger partial charge < -0.3 is 39.9 Å². The lowest BCUT2D eigenvalue weighted by Gasteiger charge is -2.26. The molecule has 0 spiro atoms. The van der Waals surface area contributed by atoms with Crippen molar-refractivity contribution in [3.05, 3.63) is 24.3 Å². The number of phosphoric acid groups is 1. The Hall–Kier alpha value is -1.67. The average molecular weight is 809 g/mol. The van der Waals surface area contributed by atoms with Gasteiger partial charge >= 0.3 is 19.8 Å². The molecule has 324 valence electrons. The highest BCUT2D eigenvalue weighted by atomic mass is 31.2. The van der Waals surface area contributed by atoms with E-state index in [0.29, 0.717) is 12.8 Å². The van der Waals surface area contributed by atoms with Crippen molar-refractivity contribution in [3.8, 4) is 0 Å². The van der Waals surface area contributed by atoms with E-state index in [2.05, 4.69) is 38.2 Å². The molecule has 0 radical (unpaired) electrons. The van der Waals surface area contributed by atoms with Crippen molar-refractivity contribution in [2.45, 2.75) is 198 Å². The number of ether oxygens (including phenoxy) is 2. The van der Waals surface area contributed by atoms with Crippen molar-refractivity contribution in [1.82, 2.24) is 0 Å². The number of carbonyl (C=O) groups excluding carboxylic acids is 2. The molecule has 0 saturated heterocycles. The van der Waals surface area contributed by atoms with Crippen LogP contribution in [0.4, 0.5) is 0 Å². The summed E-state index contributed by atoms with van der Waals surface area (Å²) in [5, 5.41) is 48.0. The quantitative estimate of drug-likeness (QED) is 0.0154. The minimum Gasteiger partial charge on any atom is -0.462 e. The minimum absolute atomic E-state index is 0.0852. The van der Waals surface area contributed by atoms with Crippen molar-refractivity contribution in [2.24, 2.45) is 0 Å². The van der Waals surface area contributed by atoms with Gasteiger partial charge in [0.05, 0.1) is 19.8 Å². The van der Waals surface area contributed by atoms with E-state index in [1.165, 1.54) is 89.9 Å². The molecule has 6 atom stereocenters. The monoisotopic (exact) mass is 809 g/mol. The van der Waals surface area contributed by atoms with Gasteiger partial charge in [0.2, 0.25) is 0 Å². The van der Waals surface area contributed by atoms with E-state index in [9.17, 15) is 39.5 Å². The predicted molar refractivity (Wildman–Crippen MR) is 214 cm³/mol. The van der Waals surface area contributed by atoms with Crippen LogP contribution in [0.5, 0.6) is 0 Å². The standard InChI is InChI=1S/C41H77O13P/c1-3-5-7-9-11-13-15-17-19-21-23-25-27-29-38(45)51-32-35(33-52-55(49,50)53-34-37(44)41(48)40(47)36(43)31-42)54-39(46)30-28-26-24-22-20-18-16-14-12-10-8-6-4-2/h19-22,35-37,40-44,47-48H,3-18,23-34H2,1-2H3,(H,49,50)/t35-,36-,37-,40-,41-/m1/s1. The van der Waals surface area contributed by atoms with Crippen LogP contribution in [0.1, 0.15) is 168 Å². The molecule has 0 aliphatic carbocycles. The van der Waals surface area contributed by atoms with Crippen LogP contribution in [-0.4, -0.2) is 99.3 Å². The summed E-state index contributed by atoms with van der Waals surface area (Å²) < 4.78 is 32.9. The minimum atomic E-state index is -4.90. The number of carbonyl (C=O) groups is 2. The summed E-state index contributed by atoms with van der Waals surface area (Å²) in [6.07, 6.45) is 24.2. The molecule has 0 aromatic heterocycles. The first kappa shape index (κ1) is 53.3. The van der Waals surface area contributed by atoms with Crippen molar-refractivity contribution in [3.63, 3.8) is 0 Å². The van der Waals surface area contributed by atoms with Gasteiger partial charge in [-0.25, -0.2) is 4.57 Å². The highest BCUT2D eigenvalue weighted by Crippen LogP contribution is 2.43. The molecule has 0 bridgehead atoms. The summed E-state index contributed by atoms with van der Waals surface area (Å²) in [6.45, 7) is 1.46. The van der Waals surface area contributed by atoms with Gasteiger partial charge in [0, 0.05) is 12.8 Å². The molecular formula is C41H77O13P. The normalized spacial score (nSPS) is 15.9. The molecule has 0 heterocycles. The van der Waals surface area contributed by atoms with E-state index in [1.54, 1.807) is 0 Å². The molecule has 0 aromatic rings. The Bertz CT molecular complexity index is 1020. The first-order valence-corrected chi connectivity index (χ1v) is 22.6. The van der Waals surface area contributed by atoms with Crippen LogP contribution in [0.25, 0.3) is 0 Å². The first-order valence-electron chi connectivity index (χ1n) is 21.1. The van der Waals surface area contributed by atoms with Crippen LogP contribution in [0.2, 0.25) is 0 Å². The Morgan fingerprint density at radius 2 is 0.945 bits per heavy atom. The zero-order valence-electron chi connectivity index (χ0n) is 34.0. The van der Waals surface area contributed by atoms with Crippen LogP contribution in [0, 0.1) is 0 Å². The van der Waals surface area contributed by atoms with Gasteiger partial charge in [-0.2, -0.15) is 0 Å². The molecule has 0 aromatic carbocycles. The van der Waals surface area contributed by atoms with E-state index >= 15 is 0 Å². The van der Waals surface area contributed by atoms with Crippen LogP contribution in [0.15, 0.2) is 24.3 Å². The van der Waals surface area contributed by atoms with Gasteiger partial charge in [-0.05, 0) is 64.2 Å². The maximum atomic E-state index is 12.6. The second-order valence-electron chi connectivity index (χ2n) is 14.4. The summed E-state index contributed by atoms with van der Waals surface area (Å²) in [5.74, 6) is -1.11. The SMILES string of the molecule is CCCCCCCCCC=CCCCCC(=O)OC[C@H](COP(=O)(O)OC[C@@H](O)[C@@H](O)[C@H](O)[C@H](O)CO)OC(=O)CCCCC=CCCCCCCCCC. The lowest BCUT2D eigenvalue weighted by Crippen LogP contribution is -2.47. The molecule has 0 rings (SSSR count). The average Bonchev–Trinajstić information content (AvgIpc) is 3.17. The molecular weight excluding hydrogens is 731 g/mol. The van der Waals surface area contributed by atoms with Gasteiger partial charge in [-0.15, -0.1) is 0 Å². The molecule has 0 aliphatic rings. The smallest absolute Gasteiger partial charge is 0.462 e. The van der Waals surface area contributed by atoms with E-state index in [0.717, 1.165) is 38.5 Å². The highest BCUT2D eigenvalue weighted by Gasteiger charge is 2.33. The fraction of sp³-hybridized carbons (Fsp3) is 0.854. The van der Waals surface area contributed by atoms with Gasteiger partial charge in [0.25, 0.3) is 0 Å². The lowest BCUT2D eigenvalue weighted by atomic mass is 10.0. The van der Waals surface area contributed by atoms with Crippen LogP contribution in [0.3, 0.4) is 0 Å². The number of esters is 2. The Morgan fingerprint density at radius 1 is 0.545 bits per heavy atom. The summed E-state index contributed by atoms with van der Waals surface area (Å²) in [5.41, 5.74) is 0. The zero-order chi connectivity index (χ0) is 41.0. The second kappa shape index (κ2) is 36.7. The molecule has 0 aliphatic heterocycles. The topological polar surface area (TPSA) is 210 Å². The van der Waals surface area contributed by atoms with Crippen molar-refractivity contribution >= 4 is 19.8 Å². The molecule has 55 heavy (non-hydrogen) atoms. The lowest BCUT2D eigenvalue weighted by molar-refractivity contribution is -0.161. The Morgan fingerprint density at radius 3 is 1.42 bits per heavy atom. The Kier molecular flexibility index (Phi) is 35.5. The predicted octanol–water partition coefficient (Wildman–Crippen LogP) is 7.53. The number of phosphoric ester groups is 1. The third kappa shape index (κ3) is 33.1. The van der Waals surface area contributed by atoms with Gasteiger partial charge in [-0.1, -0.05) is 115 Å². The fourth-order valence-corrected chi connectivity index (χ4v) is 6.41. The molecule has 0 saturated carbocycles. The highest BCUT2D eigenvalue weighted by molar-refractivity contribution is 7.47. The Labute approximate surface area is 331 Å². The molecule has 0 amide bonds. The molecule has 0 fully saturated rings. The summed E-state index contributed by atoms with van der Waals surface area (Å²) in [4.78, 5) is 35.2. The summed E-state index contributed by atoms with van der Waals surface area (Å²) in [7, 11) is -4.90. The second-order valence-corrected chi connectivity index (χ2v) is 15.9. The molecule has 14 heteroatoms. The number of allylic oxidation sites excluding steroid dienone is 4. The third-order valence-corrected chi connectivity index (χ3v) is 10.1. The maximum Gasteiger partial charge on any atom is 0.472 e. The van der Waals surface area contributed by atoms with Crippen LogP contribution >= 0.6 is 7.82 Å². The molecule has 6 N–H and O–H groups in total. The van der Waals surface area contributed by atoms with Crippen molar-refractivity contribution in [1.29, 1.82) is 0 Å². The maximum absolute atomic E-state index is 12.6. The van der Waals surface area contributed by atoms with Gasteiger partial charge in [0.1, 0.15) is 31.0 Å². The first-order chi connectivity index (χ1) is 26.5. The van der Waals surface area contributed by atoms with E-state index < -0.39 is 76.7 Å².